The molecule has 0 aromatic heterocycles. The van der Waals surface area contributed by atoms with Crippen LogP contribution in [0.3, 0.4) is 0 Å². The number of halogens is 4. The van der Waals surface area contributed by atoms with Gasteiger partial charge in [-0.2, -0.15) is 0 Å². The monoisotopic (exact) mass is 332 g/mol. The fraction of sp³-hybridized carbons (Fsp3) is 0. The molecule has 0 aliphatic carbocycles. The molecule has 0 aliphatic heterocycles. The summed E-state index contributed by atoms with van der Waals surface area (Å²) in [6, 6.07) is 8.71. The molecule has 0 amide bonds. The maximum atomic E-state index is 8.63. The molecule has 1 N–H and O–H groups in total. The molecule has 70 valence electrons. The van der Waals surface area contributed by atoms with E-state index < -0.39 is 11.9 Å². The van der Waals surface area contributed by atoms with Crippen molar-refractivity contribution in [2.75, 3.05) is 0 Å². The summed E-state index contributed by atoms with van der Waals surface area (Å²) >= 11 is -3.13. The molecule has 1 aromatic carbocycles. The van der Waals surface area contributed by atoms with E-state index in [-0.39, 0.29) is 0 Å². The van der Waals surface area contributed by atoms with E-state index in [1.165, 1.54) is 0 Å². The molecular weight excluding hydrogens is 326 g/mol. The van der Waals surface area contributed by atoms with Crippen LogP contribution in [-0.4, -0.2) is 5.11 Å². The molecule has 0 radical (unpaired) electrons. The number of phenolic OH excluding ortho intramolecular Hbond substituents is 1. The van der Waals surface area contributed by atoms with Crippen LogP contribution in [0.1, 0.15) is 0 Å². The first kappa shape index (κ1) is 12.9. The van der Waals surface area contributed by atoms with Crippen LogP contribution in [-0.2, 0) is 11.9 Å². The van der Waals surface area contributed by atoms with Crippen molar-refractivity contribution in [1.29, 1.82) is 0 Å². The molecule has 0 saturated heterocycles. The Labute approximate surface area is 90.1 Å². The van der Waals surface area contributed by atoms with Gasteiger partial charge in [-0.25, -0.2) is 0 Å². The molecule has 1 rings (SSSR count). The van der Waals surface area contributed by atoms with E-state index in [9.17, 15) is 0 Å². The number of hydrogen-bond acceptors (Lipinski definition) is 1. The van der Waals surface area contributed by atoms with E-state index in [0.717, 1.165) is 0 Å². The Morgan fingerprint density at radius 1 is 0.917 bits per heavy atom. The Balaban J connectivity index is 0.000000217. The molecule has 0 atom stereocenters. The predicted molar refractivity (Wildman–Crippen MR) is 51.5 cm³/mol. The van der Waals surface area contributed by atoms with Crippen molar-refractivity contribution in [3.63, 3.8) is 0 Å². The second-order valence-corrected chi connectivity index (χ2v) is 20.0. The van der Waals surface area contributed by atoms with Crippen LogP contribution >= 0.6 is 37.7 Å². The van der Waals surface area contributed by atoms with Crippen LogP contribution in [0, 0.1) is 0 Å². The first-order valence-electron chi connectivity index (χ1n) is 2.75. The molecule has 1 aromatic rings. The summed E-state index contributed by atoms with van der Waals surface area (Å²) in [4.78, 5) is 0. The third-order valence-corrected chi connectivity index (χ3v) is 0.756. The molecule has 0 unspecified atom stereocenters. The summed E-state index contributed by atoms with van der Waals surface area (Å²) in [5.41, 5.74) is 0. The van der Waals surface area contributed by atoms with Crippen LogP contribution < -0.4 is 0 Å². The number of phenols is 1. The van der Waals surface area contributed by atoms with E-state index in [1.807, 2.05) is 6.07 Å². The van der Waals surface area contributed by atoms with Gasteiger partial charge in [0.25, 0.3) is 0 Å². The third kappa shape index (κ3) is 13.5. The zero-order valence-corrected chi connectivity index (χ0v) is 10.8. The zero-order valence-electron chi connectivity index (χ0n) is 5.75. The van der Waals surface area contributed by atoms with E-state index >= 15 is 0 Å². The second-order valence-electron chi connectivity index (χ2n) is 1.69. The molecule has 12 heavy (non-hydrogen) atoms. The molecule has 0 bridgehead atoms. The van der Waals surface area contributed by atoms with Gasteiger partial charge in [0.1, 0.15) is 5.75 Å². The summed E-state index contributed by atoms with van der Waals surface area (Å²) in [6.45, 7) is 0. The van der Waals surface area contributed by atoms with Crippen LogP contribution in [0.4, 0.5) is 0 Å². The average molecular weight is 332 g/mol. The van der Waals surface area contributed by atoms with E-state index in [4.69, 9.17) is 42.8 Å². The van der Waals surface area contributed by atoms with Crippen molar-refractivity contribution in [2.24, 2.45) is 0 Å². The summed E-state index contributed by atoms with van der Waals surface area (Å²) in [7, 11) is 20.1. The Morgan fingerprint density at radius 2 is 1.25 bits per heavy atom. The molecule has 0 saturated carbocycles. The van der Waals surface area contributed by atoms with Crippen LogP contribution in [0.5, 0.6) is 5.75 Å². The number of rotatable bonds is 0. The second kappa shape index (κ2) is 6.34. The molecule has 0 spiro atoms. The minimum absolute atomic E-state index is 0.322. The van der Waals surface area contributed by atoms with Crippen LogP contribution in [0.2, 0.25) is 0 Å². The summed E-state index contributed by atoms with van der Waals surface area (Å²) in [5.74, 6) is 0.322. The van der Waals surface area contributed by atoms with Crippen LogP contribution in [0.15, 0.2) is 30.3 Å². The summed E-state index contributed by atoms with van der Waals surface area (Å²) in [6.07, 6.45) is 0. The third-order valence-electron chi connectivity index (χ3n) is 0.756. The fourth-order valence-electron chi connectivity index (χ4n) is 0.428. The number of para-hydroxylation sites is 1. The fourth-order valence-corrected chi connectivity index (χ4v) is 0.428. The SMILES string of the molecule is Oc1ccccc1.[Cl][Mo]([Cl])([Cl])[Cl]. The number of aromatic hydroxyl groups is 1. The van der Waals surface area contributed by atoms with Gasteiger partial charge in [0, 0.05) is 0 Å². The van der Waals surface area contributed by atoms with Crippen molar-refractivity contribution in [3.8, 4) is 5.75 Å². The topological polar surface area (TPSA) is 20.2 Å². The van der Waals surface area contributed by atoms with Crippen LogP contribution in [0.25, 0.3) is 0 Å². The Bertz CT molecular complexity index is 205. The maximum absolute atomic E-state index is 8.63. The molecule has 6 heteroatoms. The average Bonchev–Trinajstić information content (AvgIpc) is 1.85. The van der Waals surface area contributed by atoms with Crippen molar-refractivity contribution < 1.29 is 17.0 Å². The van der Waals surface area contributed by atoms with Gasteiger partial charge in [-0.05, 0) is 12.1 Å². The standard InChI is InChI=1S/C6H6O.4ClH.Mo/c7-6-4-2-1-3-5-6;;;;;/h1-5,7H;4*1H;/q;;;;;+4/p-4. The van der Waals surface area contributed by atoms with Gasteiger partial charge in [0.15, 0.2) is 0 Å². The van der Waals surface area contributed by atoms with Gasteiger partial charge in [-0.15, -0.1) is 0 Å². The molecule has 0 heterocycles. The molecule has 0 aliphatic rings. The molecule has 1 nitrogen and oxygen atoms in total. The van der Waals surface area contributed by atoms with E-state index in [1.54, 1.807) is 24.3 Å². The Morgan fingerprint density at radius 3 is 1.42 bits per heavy atom. The molecule has 0 fully saturated rings. The summed E-state index contributed by atoms with van der Waals surface area (Å²) in [5, 5.41) is 8.63. The number of hydrogen-bond donors (Lipinski definition) is 1. The van der Waals surface area contributed by atoms with Gasteiger partial charge in [0.05, 0.1) is 0 Å². The Hall–Kier alpha value is 0.868. The Kier molecular flexibility index (Phi) is 6.80. The van der Waals surface area contributed by atoms with Crippen molar-refractivity contribution in [3.05, 3.63) is 30.3 Å². The van der Waals surface area contributed by atoms with Gasteiger partial charge in [0.2, 0.25) is 0 Å². The van der Waals surface area contributed by atoms with Gasteiger partial charge in [-0.1, -0.05) is 18.2 Å². The predicted octanol–water partition coefficient (Wildman–Crippen LogP) is 4.15. The van der Waals surface area contributed by atoms with E-state index in [2.05, 4.69) is 0 Å². The van der Waals surface area contributed by atoms with Crippen molar-refractivity contribution in [1.82, 2.24) is 0 Å². The van der Waals surface area contributed by atoms with Crippen molar-refractivity contribution >= 4 is 37.7 Å². The first-order chi connectivity index (χ1) is 5.39. The normalized spacial score (nSPS) is 11.3. The quantitative estimate of drug-likeness (QED) is 0.708. The summed E-state index contributed by atoms with van der Waals surface area (Å²) < 4.78 is 0. The van der Waals surface area contributed by atoms with E-state index in [0.29, 0.717) is 5.75 Å². The van der Waals surface area contributed by atoms with Crippen molar-refractivity contribution in [2.45, 2.75) is 0 Å². The van der Waals surface area contributed by atoms with Gasteiger partial charge in [-0.3, -0.25) is 0 Å². The molecular formula is C6H6Cl4MoO. The van der Waals surface area contributed by atoms with Gasteiger partial charge < -0.3 is 5.11 Å². The minimum atomic E-state index is -3.13. The zero-order chi connectivity index (χ0) is 9.61. The number of benzene rings is 1. The van der Waals surface area contributed by atoms with Gasteiger partial charge >= 0.3 is 49.6 Å². The first-order valence-corrected chi connectivity index (χ1v) is 13.1.